The van der Waals surface area contributed by atoms with Crippen LogP contribution in [0.15, 0.2) is 12.3 Å². The lowest BCUT2D eigenvalue weighted by atomic mass is 10.1. The van der Waals surface area contributed by atoms with Crippen molar-refractivity contribution >= 4 is 39.1 Å². The van der Waals surface area contributed by atoms with Crippen LogP contribution >= 0.6 is 39.1 Å². The molecule has 0 saturated heterocycles. The topological polar surface area (TPSA) is 12.9 Å². The van der Waals surface area contributed by atoms with E-state index < -0.39 is 0 Å². The van der Waals surface area contributed by atoms with Crippen LogP contribution in [0.3, 0.4) is 0 Å². The van der Waals surface area contributed by atoms with Crippen molar-refractivity contribution in [1.82, 2.24) is 4.98 Å². The summed E-state index contributed by atoms with van der Waals surface area (Å²) in [6.07, 6.45) is 4.76. The van der Waals surface area contributed by atoms with E-state index in [2.05, 4.69) is 27.8 Å². The summed E-state index contributed by atoms with van der Waals surface area (Å²) in [6.45, 7) is 2.16. The zero-order chi connectivity index (χ0) is 10.6. The molecule has 0 fully saturated rings. The van der Waals surface area contributed by atoms with Crippen molar-refractivity contribution < 1.29 is 0 Å². The second-order valence-electron chi connectivity index (χ2n) is 3.17. The highest BCUT2D eigenvalue weighted by Crippen LogP contribution is 2.22. The molecule has 0 bridgehead atoms. The third kappa shape index (κ3) is 3.76. The lowest BCUT2D eigenvalue weighted by Gasteiger charge is -2.08. The number of alkyl halides is 1. The maximum absolute atomic E-state index is 6.01. The smallest absolute Gasteiger partial charge is 0.0636 e. The third-order valence-corrected chi connectivity index (χ3v) is 3.22. The van der Waals surface area contributed by atoms with Crippen LogP contribution in [0.25, 0.3) is 0 Å². The van der Waals surface area contributed by atoms with Crippen LogP contribution in [-0.2, 0) is 6.42 Å². The fourth-order valence-electron chi connectivity index (χ4n) is 1.22. The van der Waals surface area contributed by atoms with Gasteiger partial charge in [-0.3, -0.25) is 4.98 Å². The number of rotatable bonds is 4. The number of pyridine rings is 1. The highest BCUT2D eigenvalue weighted by molar-refractivity contribution is 9.09. The first-order valence-electron chi connectivity index (χ1n) is 4.57. The van der Waals surface area contributed by atoms with E-state index in [9.17, 15) is 0 Å². The Morgan fingerprint density at radius 2 is 2.21 bits per heavy atom. The number of aromatic nitrogens is 1. The molecule has 0 aliphatic rings. The molecule has 1 atom stereocenters. The molecule has 0 aliphatic carbocycles. The van der Waals surface area contributed by atoms with Crippen LogP contribution in [0.1, 0.15) is 25.5 Å². The fraction of sp³-hybridized carbons (Fsp3) is 0.500. The minimum atomic E-state index is 0.443. The van der Waals surface area contributed by atoms with E-state index in [1.54, 1.807) is 12.3 Å². The van der Waals surface area contributed by atoms with E-state index >= 15 is 0 Å². The van der Waals surface area contributed by atoms with Crippen LogP contribution in [0, 0.1) is 0 Å². The predicted molar refractivity (Wildman–Crippen MR) is 65.6 cm³/mol. The van der Waals surface area contributed by atoms with Crippen molar-refractivity contribution in [2.24, 2.45) is 0 Å². The predicted octanol–water partition coefficient (Wildman–Crippen LogP) is 4.49. The molecule has 4 heteroatoms. The Balaban J connectivity index is 2.67. The molecule has 1 aromatic heterocycles. The normalized spacial score (nSPS) is 12.9. The number of halogens is 3. The van der Waals surface area contributed by atoms with Gasteiger partial charge in [0, 0.05) is 17.4 Å². The van der Waals surface area contributed by atoms with Crippen molar-refractivity contribution in [2.75, 3.05) is 0 Å². The summed E-state index contributed by atoms with van der Waals surface area (Å²) in [5, 5.41) is 1.23. The van der Waals surface area contributed by atoms with Gasteiger partial charge in [-0.2, -0.15) is 0 Å². The number of hydrogen-bond donors (Lipinski definition) is 0. The first-order chi connectivity index (χ1) is 6.63. The van der Waals surface area contributed by atoms with Crippen molar-refractivity contribution in [3.8, 4) is 0 Å². The maximum Gasteiger partial charge on any atom is 0.0636 e. The zero-order valence-electron chi connectivity index (χ0n) is 7.93. The molecule has 1 aromatic rings. The average Bonchev–Trinajstić information content (AvgIpc) is 2.10. The van der Waals surface area contributed by atoms with Gasteiger partial charge in [-0.05, 0) is 12.5 Å². The Morgan fingerprint density at radius 3 is 2.79 bits per heavy atom. The molecular formula is C10H12BrCl2N. The highest BCUT2D eigenvalue weighted by Gasteiger charge is 2.09. The van der Waals surface area contributed by atoms with E-state index in [4.69, 9.17) is 23.2 Å². The van der Waals surface area contributed by atoms with Gasteiger partial charge in [0.05, 0.1) is 15.7 Å². The summed E-state index contributed by atoms with van der Waals surface area (Å²) in [5.74, 6) is 0. The molecule has 0 spiro atoms. The van der Waals surface area contributed by atoms with Crippen LogP contribution in [-0.4, -0.2) is 9.81 Å². The molecule has 0 saturated carbocycles. The fourth-order valence-corrected chi connectivity index (χ4v) is 2.44. The van der Waals surface area contributed by atoms with Crippen LogP contribution in [0.5, 0.6) is 0 Å². The Kier molecular flexibility index (Phi) is 5.21. The van der Waals surface area contributed by atoms with Gasteiger partial charge in [0.15, 0.2) is 0 Å². The second-order valence-corrected chi connectivity index (χ2v) is 5.31. The molecule has 78 valence electrons. The lowest BCUT2D eigenvalue weighted by Crippen LogP contribution is -2.04. The molecule has 0 aliphatic heterocycles. The molecule has 1 heterocycles. The first-order valence-corrected chi connectivity index (χ1v) is 6.24. The SMILES string of the molecule is CCCC(Br)Cc1ncc(Cl)cc1Cl. The molecule has 0 radical (unpaired) electrons. The van der Waals surface area contributed by atoms with Gasteiger partial charge in [-0.25, -0.2) is 0 Å². The second kappa shape index (κ2) is 5.94. The molecular weight excluding hydrogens is 285 g/mol. The molecule has 1 nitrogen and oxygen atoms in total. The Morgan fingerprint density at radius 1 is 1.50 bits per heavy atom. The van der Waals surface area contributed by atoms with Crippen LogP contribution in [0.2, 0.25) is 10.0 Å². The zero-order valence-corrected chi connectivity index (χ0v) is 11.0. The maximum atomic E-state index is 6.01. The summed E-state index contributed by atoms with van der Waals surface area (Å²) < 4.78 is 0. The van der Waals surface area contributed by atoms with Gasteiger partial charge < -0.3 is 0 Å². The summed E-state index contributed by atoms with van der Waals surface area (Å²) in [6, 6.07) is 1.73. The summed E-state index contributed by atoms with van der Waals surface area (Å²) in [5.41, 5.74) is 0.909. The minimum Gasteiger partial charge on any atom is -0.258 e. The summed E-state index contributed by atoms with van der Waals surface area (Å²) in [7, 11) is 0. The first kappa shape index (κ1) is 12.3. The van der Waals surface area contributed by atoms with E-state index in [0.29, 0.717) is 14.9 Å². The largest absolute Gasteiger partial charge is 0.258 e. The Labute approximate surface area is 103 Å². The quantitative estimate of drug-likeness (QED) is 0.746. The average molecular weight is 297 g/mol. The summed E-state index contributed by atoms with van der Waals surface area (Å²) in [4.78, 5) is 4.65. The molecule has 14 heavy (non-hydrogen) atoms. The van der Waals surface area contributed by atoms with Crippen molar-refractivity contribution in [3.63, 3.8) is 0 Å². The standard InChI is InChI=1S/C10H12BrCl2N/c1-2-3-7(11)4-10-9(13)5-8(12)6-14-10/h5-7H,2-4H2,1H3. The highest BCUT2D eigenvalue weighted by atomic mass is 79.9. The minimum absolute atomic E-state index is 0.443. The van der Waals surface area contributed by atoms with E-state index in [0.717, 1.165) is 25.0 Å². The molecule has 1 unspecified atom stereocenters. The lowest BCUT2D eigenvalue weighted by molar-refractivity contribution is 0.734. The third-order valence-electron chi connectivity index (χ3n) is 1.90. The van der Waals surface area contributed by atoms with E-state index in [-0.39, 0.29) is 0 Å². The molecule has 1 rings (SSSR count). The molecule has 0 amide bonds. The van der Waals surface area contributed by atoms with Crippen molar-refractivity contribution in [1.29, 1.82) is 0 Å². The molecule has 0 aromatic carbocycles. The van der Waals surface area contributed by atoms with Gasteiger partial charge in [-0.1, -0.05) is 52.5 Å². The number of hydrogen-bond acceptors (Lipinski definition) is 1. The summed E-state index contributed by atoms with van der Waals surface area (Å²) >= 11 is 15.4. The van der Waals surface area contributed by atoms with E-state index in [1.165, 1.54) is 0 Å². The van der Waals surface area contributed by atoms with Crippen molar-refractivity contribution in [2.45, 2.75) is 31.0 Å². The monoisotopic (exact) mass is 295 g/mol. The van der Waals surface area contributed by atoms with Gasteiger partial charge in [0.2, 0.25) is 0 Å². The Hall–Kier alpha value is 0.210. The van der Waals surface area contributed by atoms with Crippen LogP contribution < -0.4 is 0 Å². The Bertz CT molecular complexity index is 304. The van der Waals surface area contributed by atoms with Crippen LogP contribution in [0.4, 0.5) is 0 Å². The number of nitrogens with zero attached hydrogens (tertiary/aromatic N) is 1. The van der Waals surface area contributed by atoms with Gasteiger partial charge in [0.25, 0.3) is 0 Å². The van der Waals surface area contributed by atoms with Gasteiger partial charge in [-0.15, -0.1) is 0 Å². The van der Waals surface area contributed by atoms with E-state index in [1.807, 2.05) is 0 Å². The van der Waals surface area contributed by atoms with Crippen molar-refractivity contribution in [3.05, 3.63) is 28.0 Å². The molecule has 0 N–H and O–H groups in total. The van der Waals surface area contributed by atoms with Gasteiger partial charge >= 0.3 is 0 Å². The van der Waals surface area contributed by atoms with Gasteiger partial charge in [0.1, 0.15) is 0 Å².